The smallest absolute Gasteiger partial charge is 0.297 e. The first kappa shape index (κ1) is 15.6. The Kier molecular flexibility index (Phi) is 4.68. The van der Waals surface area contributed by atoms with E-state index in [-0.39, 0.29) is 16.8 Å². The summed E-state index contributed by atoms with van der Waals surface area (Å²) in [5.41, 5.74) is 1.74. The molecule has 1 unspecified atom stereocenters. The van der Waals surface area contributed by atoms with Gasteiger partial charge in [0.25, 0.3) is 5.56 Å². The summed E-state index contributed by atoms with van der Waals surface area (Å²) in [6.45, 7) is 5.80. The fourth-order valence-electron chi connectivity index (χ4n) is 2.37. The third-order valence-corrected chi connectivity index (χ3v) is 3.95. The highest BCUT2D eigenvalue weighted by Gasteiger charge is 2.17. The average molecular weight is 307 g/mol. The van der Waals surface area contributed by atoms with E-state index in [2.05, 4.69) is 4.98 Å². The van der Waals surface area contributed by atoms with Crippen molar-refractivity contribution in [3.63, 3.8) is 0 Å². The van der Waals surface area contributed by atoms with Crippen LogP contribution in [0.2, 0.25) is 5.15 Å². The molecule has 21 heavy (non-hydrogen) atoms. The molecule has 0 fully saturated rings. The van der Waals surface area contributed by atoms with Gasteiger partial charge < -0.3 is 0 Å². The van der Waals surface area contributed by atoms with Gasteiger partial charge >= 0.3 is 5.69 Å². The zero-order valence-corrected chi connectivity index (χ0v) is 13.2. The third-order valence-electron chi connectivity index (χ3n) is 3.62. The number of nitrogens with one attached hydrogen (secondary N) is 1. The molecule has 1 N–H and O–H groups in total. The number of H-pyrrole nitrogens is 1. The molecule has 0 spiro atoms. The molecule has 0 aliphatic carbocycles. The van der Waals surface area contributed by atoms with Gasteiger partial charge in [0.2, 0.25) is 0 Å². The van der Waals surface area contributed by atoms with Crippen LogP contribution in [0.1, 0.15) is 43.0 Å². The van der Waals surface area contributed by atoms with Crippen LogP contribution in [0.3, 0.4) is 0 Å². The monoisotopic (exact) mass is 306 g/mol. The average Bonchev–Trinajstić information content (AvgIpc) is 2.44. The van der Waals surface area contributed by atoms with Crippen molar-refractivity contribution in [2.45, 2.75) is 39.7 Å². The summed E-state index contributed by atoms with van der Waals surface area (Å²) in [7, 11) is 0. The molecule has 0 aliphatic heterocycles. The van der Waals surface area contributed by atoms with E-state index in [1.807, 2.05) is 45.0 Å². The predicted molar refractivity (Wildman–Crippen MR) is 85.3 cm³/mol. The number of hydrogen-bond acceptors (Lipinski definition) is 2. The molecule has 0 saturated carbocycles. The summed E-state index contributed by atoms with van der Waals surface area (Å²) in [4.78, 5) is 27.2. The zero-order valence-electron chi connectivity index (χ0n) is 12.4. The first-order valence-electron chi connectivity index (χ1n) is 7.05. The molecule has 5 heteroatoms. The molecule has 0 radical (unpaired) electrons. The maximum absolute atomic E-state index is 12.5. The standard InChI is InChI=1S/C16H19ClN2O2/c1-4-5-13-14(17)18-16(21)19(15(13)20)11(3)12-8-6-10(2)7-9-12/h6-9,11H,4-5H2,1-3H3,(H,18,21). The van der Waals surface area contributed by atoms with E-state index in [1.54, 1.807) is 0 Å². The highest BCUT2D eigenvalue weighted by atomic mass is 35.5. The largest absolute Gasteiger partial charge is 0.330 e. The van der Waals surface area contributed by atoms with Gasteiger partial charge in [-0.25, -0.2) is 4.79 Å². The number of halogens is 1. The molecular weight excluding hydrogens is 288 g/mol. The van der Waals surface area contributed by atoms with Gasteiger partial charge in [0, 0.05) is 0 Å². The van der Waals surface area contributed by atoms with Gasteiger partial charge in [-0.05, 0) is 25.8 Å². The van der Waals surface area contributed by atoms with Gasteiger partial charge in [0.15, 0.2) is 0 Å². The van der Waals surface area contributed by atoms with Crippen LogP contribution in [0.15, 0.2) is 33.9 Å². The minimum absolute atomic E-state index is 0.152. The Balaban J connectivity index is 2.58. The van der Waals surface area contributed by atoms with Gasteiger partial charge in [0.1, 0.15) is 5.15 Å². The van der Waals surface area contributed by atoms with E-state index >= 15 is 0 Å². The maximum atomic E-state index is 12.5. The Morgan fingerprint density at radius 2 is 1.86 bits per heavy atom. The van der Waals surface area contributed by atoms with Crippen LogP contribution in [-0.2, 0) is 6.42 Å². The molecule has 2 rings (SSSR count). The summed E-state index contributed by atoms with van der Waals surface area (Å²) in [6.07, 6.45) is 1.34. The highest BCUT2D eigenvalue weighted by molar-refractivity contribution is 6.30. The quantitative estimate of drug-likeness (QED) is 0.883. The second-order valence-corrected chi connectivity index (χ2v) is 5.61. The lowest BCUT2D eigenvalue weighted by Gasteiger charge is -2.16. The molecule has 0 amide bonds. The molecule has 0 bridgehead atoms. The number of rotatable bonds is 4. The fourth-order valence-corrected chi connectivity index (χ4v) is 2.63. The van der Waals surface area contributed by atoms with E-state index in [4.69, 9.17) is 11.6 Å². The number of aromatic amines is 1. The van der Waals surface area contributed by atoms with Gasteiger partial charge in [-0.2, -0.15) is 0 Å². The molecule has 0 saturated heterocycles. The predicted octanol–water partition coefficient (Wildman–Crippen LogP) is 3.06. The minimum atomic E-state index is -0.474. The maximum Gasteiger partial charge on any atom is 0.330 e. The third kappa shape index (κ3) is 3.10. The number of aromatic nitrogens is 2. The van der Waals surface area contributed by atoms with Gasteiger partial charge in [-0.3, -0.25) is 14.3 Å². The Labute approximate surface area is 128 Å². The molecule has 0 aliphatic rings. The SMILES string of the molecule is CCCc1c(Cl)[nH]c(=O)n(C(C)c2ccc(C)cc2)c1=O. The topological polar surface area (TPSA) is 54.9 Å². The summed E-state index contributed by atoms with van der Waals surface area (Å²) >= 11 is 5.99. The van der Waals surface area contributed by atoms with Crippen molar-refractivity contribution in [2.24, 2.45) is 0 Å². The summed E-state index contributed by atoms with van der Waals surface area (Å²) in [5, 5.41) is 0.152. The molecule has 112 valence electrons. The van der Waals surface area contributed by atoms with Crippen molar-refractivity contribution in [1.29, 1.82) is 0 Å². The van der Waals surface area contributed by atoms with Crippen LogP contribution in [0.5, 0.6) is 0 Å². The zero-order chi connectivity index (χ0) is 15.6. The number of hydrogen-bond donors (Lipinski definition) is 1. The number of nitrogens with zero attached hydrogens (tertiary/aromatic N) is 1. The minimum Gasteiger partial charge on any atom is -0.297 e. The normalized spacial score (nSPS) is 12.4. The van der Waals surface area contributed by atoms with Crippen LogP contribution >= 0.6 is 11.6 Å². The van der Waals surface area contributed by atoms with E-state index in [9.17, 15) is 9.59 Å². The summed E-state index contributed by atoms with van der Waals surface area (Å²) in [6, 6.07) is 7.46. The van der Waals surface area contributed by atoms with Crippen molar-refractivity contribution >= 4 is 11.6 Å². The van der Waals surface area contributed by atoms with Crippen molar-refractivity contribution in [1.82, 2.24) is 9.55 Å². The van der Waals surface area contributed by atoms with E-state index in [0.29, 0.717) is 12.0 Å². The number of benzene rings is 1. The molecule has 1 aromatic carbocycles. The molecule has 1 atom stereocenters. The molecule has 4 nitrogen and oxygen atoms in total. The Morgan fingerprint density at radius 3 is 2.43 bits per heavy atom. The molecule has 1 aromatic heterocycles. The second kappa shape index (κ2) is 6.31. The van der Waals surface area contributed by atoms with E-state index in [1.165, 1.54) is 4.57 Å². The lowest BCUT2D eigenvalue weighted by molar-refractivity contribution is 0.570. The van der Waals surface area contributed by atoms with Gasteiger partial charge in [-0.15, -0.1) is 0 Å². The summed E-state index contributed by atoms with van der Waals surface area (Å²) < 4.78 is 1.24. The highest BCUT2D eigenvalue weighted by Crippen LogP contribution is 2.16. The lowest BCUT2D eigenvalue weighted by atomic mass is 10.1. The van der Waals surface area contributed by atoms with Crippen molar-refractivity contribution < 1.29 is 0 Å². The van der Waals surface area contributed by atoms with Gasteiger partial charge in [-0.1, -0.05) is 54.8 Å². The Hall–Kier alpha value is -1.81. The first-order chi connectivity index (χ1) is 9.95. The molecule has 1 heterocycles. The van der Waals surface area contributed by atoms with Gasteiger partial charge in [0.05, 0.1) is 11.6 Å². The van der Waals surface area contributed by atoms with E-state index < -0.39 is 5.69 Å². The van der Waals surface area contributed by atoms with Crippen LogP contribution in [0.4, 0.5) is 0 Å². The fraction of sp³-hybridized carbons (Fsp3) is 0.375. The number of aryl methyl sites for hydroxylation is 1. The van der Waals surface area contributed by atoms with Crippen molar-refractivity contribution in [3.8, 4) is 0 Å². The first-order valence-corrected chi connectivity index (χ1v) is 7.43. The Bertz CT molecular complexity index is 744. The van der Waals surface area contributed by atoms with Crippen LogP contribution in [0, 0.1) is 6.92 Å². The van der Waals surface area contributed by atoms with E-state index in [0.717, 1.165) is 17.5 Å². The summed E-state index contributed by atoms with van der Waals surface area (Å²) in [5.74, 6) is 0. The van der Waals surface area contributed by atoms with Crippen molar-refractivity contribution in [3.05, 3.63) is 66.9 Å². The van der Waals surface area contributed by atoms with Crippen LogP contribution in [0.25, 0.3) is 0 Å². The van der Waals surface area contributed by atoms with Crippen molar-refractivity contribution in [2.75, 3.05) is 0 Å². The molecular formula is C16H19ClN2O2. The molecule has 2 aromatic rings. The lowest BCUT2D eigenvalue weighted by Crippen LogP contribution is -2.39. The second-order valence-electron chi connectivity index (χ2n) is 5.23. The van der Waals surface area contributed by atoms with Crippen LogP contribution < -0.4 is 11.2 Å². The Morgan fingerprint density at radius 1 is 1.24 bits per heavy atom. The van der Waals surface area contributed by atoms with Crippen LogP contribution in [-0.4, -0.2) is 9.55 Å².